The second kappa shape index (κ2) is 23.8. The number of hydrogen-bond donors (Lipinski definition) is 0. The number of fused-ring (bicyclic) bond motifs is 2. The number of sulfonamides is 2. The zero-order valence-corrected chi connectivity index (χ0v) is 44.6. The molecule has 2 atom stereocenters. The van der Waals surface area contributed by atoms with Crippen LogP contribution in [0.2, 0.25) is 0 Å². The molecule has 6 rings (SSSR count). The number of nitrogens with zero attached hydrogens (tertiary/aromatic N) is 4. The van der Waals surface area contributed by atoms with Crippen LogP contribution in [0.3, 0.4) is 0 Å². The van der Waals surface area contributed by atoms with Crippen LogP contribution in [0.4, 0.5) is 11.4 Å². The van der Waals surface area contributed by atoms with Crippen molar-refractivity contribution in [3.05, 3.63) is 105 Å². The first-order valence-electron chi connectivity index (χ1n) is 24.9. The van der Waals surface area contributed by atoms with Crippen molar-refractivity contribution in [3.8, 4) is 11.5 Å². The van der Waals surface area contributed by atoms with Crippen molar-refractivity contribution >= 4 is 43.4 Å². The minimum atomic E-state index is -4.19. The Hall–Kier alpha value is -5.16. The Kier molecular flexibility index (Phi) is 18.4. The maximum atomic E-state index is 14.7. The quantitative estimate of drug-likeness (QED) is 0.0652. The van der Waals surface area contributed by atoms with Gasteiger partial charge in [0.1, 0.15) is 24.6 Å². The fraction of sp³-hybridized carbons (Fsp3) is 0.519. The first kappa shape index (κ1) is 54.2. The molecule has 2 aliphatic rings. The van der Waals surface area contributed by atoms with E-state index >= 15 is 0 Å². The number of anilines is 2. The summed E-state index contributed by atoms with van der Waals surface area (Å²) in [5, 5.41) is 0. The fourth-order valence-corrected chi connectivity index (χ4v) is 13.7. The second-order valence-corrected chi connectivity index (χ2v) is 22.5. The van der Waals surface area contributed by atoms with Crippen molar-refractivity contribution in [3.63, 3.8) is 0 Å². The van der Waals surface area contributed by atoms with Crippen LogP contribution >= 0.6 is 0 Å². The minimum Gasteiger partial charge on any atom is -0.451 e. The Balaban J connectivity index is 1.18. The maximum Gasteiger partial charge on any atom is 0.309 e. The van der Waals surface area contributed by atoms with E-state index in [0.29, 0.717) is 46.5 Å². The molecule has 2 aliphatic heterocycles. The van der Waals surface area contributed by atoms with E-state index in [1.54, 1.807) is 39.8 Å². The van der Waals surface area contributed by atoms with E-state index in [0.717, 1.165) is 87.2 Å². The average molecular weight is 1000 g/mol. The summed E-state index contributed by atoms with van der Waals surface area (Å²) < 4.78 is 85.1. The number of rotatable bonds is 23. The van der Waals surface area contributed by atoms with Crippen molar-refractivity contribution in [1.29, 1.82) is 0 Å². The third-order valence-corrected chi connectivity index (χ3v) is 16.9. The lowest BCUT2D eigenvalue weighted by Crippen LogP contribution is -2.46. The number of carbonyl (C=O) groups is 2. The highest BCUT2D eigenvalue weighted by atomic mass is 32.2. The van der Waals surface area contributed by atoms with Gasteiger partial charge in [-0.05, 0) is 164 Å². The topological polar surface area (TPSA) is 152 Å². The summed E-state index contributed by atoms with van der Waals surface area (Å²) in [6.45, 7) is 24.4. The zero-order valence-electron chi connectivity index (χ0n) is 42.9. The smallest absolute Gasteiger partial charge is 0.309 e. The van der Waals surface area contributed by atoms with Crippen LogP contribution in [0.15, 0.2) is 70.5 Å². The summed E-state index contributed by atoms with van der Waals surface area (Å²) in [7, 11) is -8.38. The van der Waals surface area contributed by atoms with Gasteiger partial charge in [0.15, 0.2) is 0 Å². The number of aryl methyl sites for hydroxylation is 6. The zero-order chi connectivity index (χ0) is 50.9. The maximum absolute atomic E-state index is 14.7. The molecule has 0 fully saturated rings. The molecule has 0 radical (unpaired) electrons. The van der Waals surface area contributed by atoms with Gasteiger partial charge < -0.3 is 28.7 Å². The molecule has 0 spiro atoms. The van der Waals surface area contributed by atoms with Crippen molar-refractivity contribution in [2.75, 3.05) is 61.0 Å². The predicted octanol–water partition coefficient (Wildman–Crippen LogP) is 9.26. The van der Waals surface area contributed by atoms with E-state index < -0.39 is 57.4 Å². The molecule has 2 unspecified atom stereocenters. The summed E-state index contributed by atoms with van der Waals surface area (Å²) in [4.78, 5) is 32.1. The van der Waals surface area contributed by atoms with Gasteiger partial charge in [0, 0.05) is 13.1 Å². The van der Waals surface area contributed by atoms with Crippen LogP contribution in [0.5, 0.6) is 11.5 Å². The highest BCUT2D eigenvalue weighted by Gasteiger charge is 2.40. The molecule has 16 heteroatoms. The summed E-state index contributed by atoms with van der Waals surface area (Å²) in [6.07, 6.45) is 2.02. The molecular weight excluding hydrogens is 929 g/mol. The van der Waals surface area contributed by atoms with Gasteiger partial charge in [0.05, 0.1) is 34.0 Å². The van der Waals surface area contributed by atoms with Crippen LogP contribution in [-0.4, -0.2) is 104 Å². The van der Waals surface area contributed by atoms with Crippen molar-refractivity contribution in [2.45, 2.75) is 143 Å². The van der Waals surface area contributed by atoms with E-state index in [2.05, 4.69) is 37.5 Å². The number of esters is 2. The van der Waals surface area contributed by atoms with Gasteiger partial charge in [-0.3, -0.25) is 18.2 Å². The van der Waals surface area contributed by atoms with Crippen molar-refractivity contribution in [1.82, 2.24) is 9.80 Å². The Labute approximate surface area is 417 Å². The van der Waals surface area contributed by atoms with E-state index in [4.69, 9.17) is 18.9 Å². The van der Waals surface area contributed by atoms with Crippen molar-refractivity contribution in [2.24, 2.45) is 0 Å². The average Bonchev–Trinajstić information content (AvgIpc) is 3.28. The Morgan fingerprint density at radius 2 is 0.857 bits per heavy atom. The van der Waals surface area contributed by atoms with Crippen LogP contribution in [0.25, 0.3) is 0 Å². The summed E-state index contributed by atoms with van der Waals surface area (Å²) in [6, 6.07) is 18.2. The fourth-order valence-electron chi connectivity index (χ4n) is 9.92. The van der Waals surface area contributed by atoms with Gasteiger partial charge in [0.25, 0.3) is 32.6 Å². The third-order valence-electron chi connectivity index (χ3n) is 12.7. The van der Waals surface area contributed by atoms with Gasteiger partial charge in [-0.15, -0.1) is 0 Å². The Bertz CT molecular complexity index is 2480. The lowest BCUT2D eigenvalue weighted by atomic mass is 10.1. The summed E-state index contributed by atoms with van der Waals surface area (Å²) in [5.74, 6) is -1.15. The lowest BCUT2D eigenvalue weighted by molar-refractivity contribution is -0.170. The van der Waals surface area contributed by atoms with Gasteiger partial charge in [-0.2, -0.15) is 0 Å². The molecule has 0 bridgehead atoms. The molecule has 0 aromatic heterocycles. The molecule has 4 aromatic rings. The predicted molar refractivity (Wildman–Crippen MR) is 275 cm³/mol. The molecule has 0 saturated carbocycles. The monoisotopic (exact) mass is 1000 g/mol. The number of benzene rings is 4. The number of hydrogen-bond acceptors (Lipinski definition) is 12. The summed E-state index contributed by atoms with van der Waals surface area (Å²) >= 11 is 0. The van der Waals surface area contributed by atoms with Crippen LogP contribution in [0, 0.1) is 41.5 Å². The highest BCUT2D eigenvalue weighted by Crippen LogP contribution is 2.41. The van der Waals surface area contributed by atoms with Gasteiger partial charge in [0.2, 0.25) is 0 Å². The molecule has 0 amide bonds. The van der Waals surface area contributed by atoms with E-state index in [1.165, 1.54) is 8.61 Å². The minimum absolute atomic E-state index is 0.172. The first-order valence-corrected chi connectivity index (χ1v) is 27.8. The van der Waals surface area contributed by atoms with E-state index in [9.17, 15) is 26.4 Å². The molecule has 14 nitrogen and oxygen atoms in total. The molecule has 70 heavy (non-hydrogen) atoms. The molecule has 0 saturated heterocycles. The largest absolute Gasteiger partial charge is 0.451 e. The lowest BCUT2D eigenvalue weighted by Gasteiger charge is -2.36. The standard InChI is InChI=1S/C54H74N4O10S2/c1-11-23-55(24-12-2)27-21-43-15-17-47-45(33-43)57(69(61,62)53-39(7)29-37(5)30-40(53)8)35-51(65-47)67-49(59)19-20-50(60)68-52-36-58(70(63,64)54-41(9)31-38(6)32-42(54)10)46-34-44(16-18-48(46)66-52)22-28-56(25-13-3)26-14-4/h15-18,29-34,51-52H,11-14,19-28,35-36H2,1-10H3. The third kappa shape index (κ3) is 13.0. The Morgan fingerprint density at radius 3 is 1.17 bits per heavy atom. The van der Waals surface area contributed by atoms with Gasteiger partial charge in [-0.1, -0.05) is 75.2 Å². The molecule has 0 aliphatic carbocycles. The molecule has 0 N–H and O–H groups in total. The second-order valence-electron chi connectivity index (χ2n) is 18.9. The normalized spacial score (nSPS) is 15.9. The number of carbonyl (C=O) groups excluding carboxylic acids is 2. The van der Waals surface area contributed by atoms with Gasteiger partial charge in [-0.25, -0.2) is 16.8 Å². The molecule has 2 heterocycles. The highest BCUT2D eigenvalue weighted by molar-refractivity contribution is 7.93. The summed E-state index contributed by atoms with van der Waals surface area (Å²) in [5.41, 5.74) is 6.83. The molecule has 4 aromatic carbocycles. The first-order chi connectivity index (χ1) is 33.3. The van der Waals surface area contributed by atoms with Crippen LogP contribution in [-0.2, 0) is 52.0 Å². The SMILES string of the molecule is CCCN(CCC)CCc1ccc2c(c1)N(S(=O)(=O)c1c(C)cc(C)cc1C)CC(OC(=O)CCC(=O)OC1CN(S(=O)(=O)c3c(C)cc(C)cc3C)c3cc(CCN(CCC)CCC)ccc3O1)O2. The Morgan fingerprint density at radius 1 is 0.529 bits per heavy atom. The number of ether oxygens (including phenoxy) is 4. The van der Waals surface area contributed by atoms with Crippen LogP contribution in [0.1, 0.15) is 111 Å². The van der Waals surface area contributed by atoms with Crippen molar-refractivity contribution < 1.29 is 45.4 Å². The van der Waals surface area contributed by atoms with Crippen LogP contribution < -0.4 is 18.1 Å². The molecular formula is C54H74N4O10S2. The van der Waals surface area contributed by atoms with Gasteiger partial charge >= 0.3 is 11.9 Å². The molecule has 382 valence electrons. The van der Waals surface area contributed by atoms with E-state index in [-0.39, 0.29) is 34.4 Å². The van der Waals surface area contributed by atoms with E-state index in [1.807, 2.05) is 62.4 Å².